The van der Waals surface area contributed by atoms with Gasteiger partial charge in [-0.1, -0.05) is 99.9 Å². The fraction of sp³-hybridized carbons (Fsp3) is 0.500. The molecule has 0 saturated heterocycles. The Morgan fingerprint density at radius 3 is 2.02 bits per heavy atom. The van der Waals surface area contributed by atoms with Crippen LogP contribution in [-0.4, -0.2) is 17.1 Å². The van der Waals surface area contributed by atoms with E-state index in [0.717, 1.165) is 37.0 Å². The molecule has 0 aliphatic rings. The Kier molecular flexibility index (Phi) is 11.0. The van der Waals surface area contributed by atoms with Gasteiger partial charge in [-0.15, -0.1) is 0 Å². The number of anilines is 2. The predicted octanol–water partition coefficient (Wildman–Crippen LogP) is 10.0. The van der Waals surface area contributed by atoms with Crippen LogP contribution in [0.25, 0.3) is 0 Å². The topological polar surface area (TPSA) is 93.8 Å². The van der Waals surface area contributed by atoms with Crippen molar-refractivity contribution in [1.82, 2.24) is 0 Å². The first-order valence-electron chi connectivity index (χ1n) is 16.1. The average molecular weight is 603 g/mol. The molecule has 3 rings (SSSR count). The largest absolute Gasteiger partial charge is 0.506 e. The van der Waals surface area contributed by atoms with E-state index in [9.17, 15) is 9.90 Å². The molecule has 240 valence electrons. The molecule has 4 N–H and O–H groups in total. The van der Waals surface area contributed by atoms with Crippen LogP contribution in [0.5, 0.6) is 23.0 Å². The van der Waals surface area contributed by atoms with Crippen molar-refractivity contribution in [3.05, 3.63) is 71.3 Å². The van der Waals surface area contributed by atoms with Gasteiger partial charge >= 0.3 is 0 Å². The first kappa shape index (κ1) is 34.8. The first-order valence-corrected chi connectivity index (χ1v) is 16.1. The fourth-order valence-corrected chi connectivity index (χ4v) is 4.89. The Labute approximate surface area is 265 Å². The lowest BCUT2D eigenvalue weighted by molar-refractivity contribution is -0.123. The van der Waals surface area contributed by atoms with Gasteiger partial charge in [0.1, 0.15) is 17.2 Å². The van der Waals surface area contributed by atoms with E-state index < -0.39 is 6.10 Å². The average Bonchev–Trinajstić information content (AvgIpc) is 2.97. The number of amides is 1. The van der Waals surface area contributed by atoms with Gasteiger partial charge in [-0.05, 0) is 71.3 Å². The van der Waals surface area contributed by atoms with Gasteiger partial charge < -0.3 is 25.6 Å². The molecule has 3 aromatic carbocycles. The highest BCUT2D eigenvalue weighted by Crippen LogP contribution is 2.40. The van der Waals surface area contributed by atoms with Crippen LogP contribution in [0.1, 0.15) is 118 Å². The van der Waals surface area contributed by atoms with Crippen molar-refractivity contribution in [2.24, 2.45) is 0 Å². The number of hydrogen-bond acceptors (Lipinski definition) is 5. The molecule has 6 nitrogen and oxygen atoms in total. The third-order valence-corrected chi connectivity index (χ3v) is 8.97. The summed E-state index contributed by atoms with van der Waals surface area (Å²) in [5.41, 5.74) is 9.93. The highest BCUT2D eigenvalue weighted by atomic mass is 16.5. The zero-order valence-electron chi connectivity index (χ0n) is 28.6. The molecule has 0 radical (unpaired) electrons. The minimum atomic E-state index is -0.745. The monoisotopic (exact) mass is 602 g/mol. The van der Waals surface area contributed by atoms with Gasteiger partial charge in [-0.25, -0.2) is 0 Å². The molecule has 0 spiro atoms. The standard InChI is InChI=1S/C38H54N2O4/c1-11-14-15-33(44-32-21-18-26(37(7,8)12-2)22-28(32)38(9,10)13-3)35(42)40-30-24-31(41)29(39)23-34(30)43-27-19-16-25(17-20-27)36(4,5)6/h16-24,33,41H,11-15,39H2,1-10H3,(H,40,42). The Bertz CT molecular complexity index is 1420. The molecule has 0 saturated carbocycles. The van der Waals surface area contributed by atoms with Crippen LogP contribution in [0.3, 0.4) is 0 Å². The quantitative estimate of drug-likeness (QED) is 0.134. The number of rotatable bonds is 13. The summed E-state index contributed by atoms with van der Waals surface area (Å²) in [4.78, 5) is 13.9. The van der Waals surface area contributed by atoms with Crippen molar-refractivity contribution < 1.29 is 19.4 Å². The van der Waals surface area contributed by atoms with Gasteiger partial charge in [0, 0.05) is 17.7 Å². The number of phenols is 1. The number of aromatic hydroxyl groups is 1. The molecule has 0 fully saturated rings. The molecule has 0 aromatic heterocycles. The van der Waals surface area contributed by atoms with Crippen LogP contribution in [0.4, 0.5) is 11.4 Å². The molecule has 1 unspecified atom stereocenters. The third-order valence-electron chi connectivity index (χ3n) is 8.97. The number of nitrogens with one attached hydrogen (secondary N) is 1. The van der Waals surface area contributed by atoms with Gasteiger partial charge in [0.05, 0.1) is 11.4 Å². The van der Waals surface area contributed by atoms with Crippen molar-refractivity contribution in [3.8, 4) is 23.0 Å². The highest BCUT2D eigenvalue weighted by molar-refractivity contribution is 5.96. The van der Waals surface area contributed by atoms with E-state index in [0.29, 0.717) is 23.6 Å². The van der Waals surface area contributed by atoms with Crippen molar-refractivity contribution in [2.45, 2.75) is 124 Å². The molecule has 0 aliphatic heterocycles. The van der Waals surface area contributed by atoms with E-state index in [2.05, 4.69) is 86.7 Å². The second-order valence-electron chi connectivity index (χ2n) is 14.2. The fourth-order valence-electron chi connectivity index (χ4n) is 4.89. The van der Waals surface area contributed by atoms with Crippen LogP contribution in [-0.2, 0) is 21.0 Å². The number of benzene rings is 3. The Balaban J connectivity index is 1.96. The van der Waals surface area contributed by atoms with Crippen LogP contribution >= 0.6 is 0 Å². The lowest BCUT2D eigenvalue weighted by atomic mass is 9.76. The number of nitrogens with two attached hydrogens (primary N) is 1. The summed E-state index contributed by atoms with van der Waals surface area (Å²) in [6.45, 7) is 21.9. The third kappa shape index (κ3) is 8.49. The van der Waals surface area contributed by atoms with Gasteiger partial charge in [0.2, 0.25) is 0 Å². The molecule has 3 aromatic rings. The molecule has 0 aliphatic carbocycles. The van der Waals surface area contributed by atoms with Crippen LogP contribution < -0.4 is 20.5 Å². The normalized spacial score (nSPS) is 13.0. The zero-order chi connectivity index (χ0) is 32.9. The van der Waals surface area contributed by atoms with E-state index in [1.165, 1.54) is 23.3 Å². The summed E-state index contributed by atoms with van der Waals surface area (Å²) < 4.78 is 12.8. The minimum absolute atomic E-state index is 0.00681. The maximum atomic E-state index is 13.9. The SMILES string of the molecule is CCCCC(Oc1ccc(C(C)(C)CC)cc1C(C)(C)CC)C(=O)Nc1cc(O)c(N)cc1Oc1ccc(C(C)(C)C)cc1. The Morgan fingerprint density at radius 1 is 0.841 bits per heavy atom. The second-order valence-corrected chi connectivity index (χ2v) is 14.2. The number of ether oxygens (including phenoxy) is 2. The molecule has 1 atom stereocenters. The van der Waals surface area contributed by atoms with Crippen LogP contribution in [0.2, 0.25) is 0 Å². The summed E-state index contributed by atoms with van der Waals surface area (Å²) >= 11 is 0. The number of phenolic OH excluding ortho intramolecular Hbond substituents is 1. The van der Waals surface area contributed by atoms with E-state index >= 15 is 0 Å². The summed E-state index contributed by atoms with van der Waals surface area (Å²) in [5, 5.41) is 13.4. The number of carbonyl (C=O) groups is 1. The molecular weight excluding hydrogens is 548 g/mol. The maximum absolute atomic E-state index is 13.9. The predicted molar refractivity (Wildman–Crippen MR) is 183 cm³/mol. The van der Waals surface area contributed by atoms with E-state index in [-0.39, 0.29) is 33.6 Å². The number of carbonyl (C=O) groups excluding carboxylic acids is 1. The molecule has 0 heterocycles. The van der Waals surface area contributed by atoms with Crippen molar-refractivity contribution in [2.75, 3.05) is 11.1 Å². The van der Waals surface area contributed by atoms with Crippen molar-refractivity contribution in [1.29, 1.82) is 0 Å². The molecule has 44 heavy (non-hydrogen) atoms. The molecular formula is C38H54N2O4. The number of unbranched alkanes of at least 4 members (excludes halogenated alkanes) is 1. The maximum Gasteiger partial charge on any atom is 0.265 e. The van der Waals surface area contributed by atoms with Crippen LogP contribution in [0.15, 0.2) is 54.6 Å². The van der Waals surface area contributed by atoms with Gasteiger partial charge in [0.15, 0.2) is 11.9 Å². The Hall–Kier alpha value is -3.67. The molecule has 0 bridgehead atoms. The smallest absolute Gasteiger partial charge is 0.265 e. The van der Waals surface area contributed by atoms with Gasteiger partial charge in [-0.3, -0.25) is 4.79 Å². The summed E-state index contributed by atoms with van der Waals surface area (Å²) in [5.74, 6) is 1.21. The molecule has 6 heteroatoms. The van der Waals surface area contributed by atoms with Crippen LogP contribution in [0, 0.1) is 0 Å². The summed E-state index contributed by atoms with van der Waals surface area (Å²) in [7, 11) is 0. The molecule has 1 amide bonds. The number of nitrogen functional groups attached to an aromatic ring is 1. The van der Waals surface area contributed by atoms with Gasteiger partial charge in [-0.2, -0.15) is 0 Å². The van der Waals surface area contributed by atoms with Crippen molar-refractivity contribution in [3.63, 3.8) is 0 Å². The first-order chi connectivity index (χ1) is 20.5. The Morgan fingerprint density at radius 2 is 1.45 bits per heavy atom. The van der Waals surface area contributed by atoms with E-state index in [4.69, 9.17) is 15.2 Å². The van der Waals surface area contributed by atoms with Gasteiger partial charge in [0.25, 0.3) is 5.91 Å². The number of hydrogen-bond donors (Lipinski definition) is 3. The lowest BCUT2D eigenvalue weighted by Gasteiger charge is -2.31. The lowest BCUT2D eigenvalue weighted by Crippen LogP contribution is -2.34. The van der Waals surface area contributed by atoms with Crippen molar-refractivity contribution >= 4 is 17.3 Å². The summed E-state index contributed by atoms with van der Waals surface area (Å²) in [6.07, 6.45) is 3.48. The van der Waals surface area contributed by atoms with E-state index in [1.54, 1.807) is 0 Å². The second kappa shape index (κ2) is 14.0. The summed E-state index contributed by atoms with van der Waals surface area (Å²) in [6, 6.07) is 17.2. The highest BCUT2D eigenvalue weighted by Gasteiger charge is 2.30. The van der Waals surface area contributed by atoms with E-state index in [1.807, 2.05) is 30.3 Å². The zero-order valence-corrected chi connectivity index (χ0v) is 28.6. The minimum Gasteiger partial charge on any atom is -0.506 e.